The van der Waals surface area contributed by atoms with Crippen molar-refractivity contribution in [3.05, 3.63) is 41.9 Å². The molecule has 6 nitrogen and oxygen atoms in total. The number of carbonyl (C=O) groups is 1. The summed E-state index contributed by atoms with van der Waals surface area (Å²) in [4.78, 5) is 25.7. The highest BCUT2D eigenvalue weighted by Gasteiger charge is 2.34. The van der Waals surface area contributed by atoms with Crippen LogP contribution in [0.3, 0.4) is 0 Å². The van der Waals surface area contributed by atoms with E-state index in [0.29, 0.717) is 0 Å². The number of benzene rings is 1. The zero-order valence-corrected chi connectivity index (χ0v) is 10.8. The van der Waals surface area contributed by atoms with Gasteiger partial charge in [-0.15, -0.1) is 0 Å². The van der Waals surface area contributed by atoms with Crippen molar-refractivity contribution in [1.82, 2.24) is 19.9 Å². The molecule has 0 aliphatic carbocycles. The molecule has 2 aromatic heterocycles. The Morgan fingerprint density at radius 1 is 1.18 bits per heavy atom. The van der Waals surface area contributed by atoms with Crippen LogP contribution >= 0.6 is 0 Å². The number of nitrogens with one attached hydrogen (secondary N) is 1. The van der Waals surface area contributed by atoms with Gasteiger partial charge < -0.3 is 10.7 Å². The van der Waals surface area contributed by atoms with E-state index in [0.717, 1.165) is 6.07 Å². The SMILES string of the molecule is NC(=O)c1nc(-c2ccccc2C(F)(F)F)nc2nc[nH]c12. The number of hydrogen-bond acceptors (Lipinski definition) is 4. The molecule has 0 fully saturated rings. The second-order valence-electron chi connectivity index (χ2n) is 4.40. The van der Waals surface area contributed by atoms with E-state index < -0.39 is 17.6 Å². The Bertz CT molecular complexity index is 871. The minimum absolute atomic E-state index is 0.0655. The zero-order chi connectivity index (χ0) is 15.9. The molecule has 1 amide bonds. The summed E-state index contributed by atoms with van der Waals surface area (Å²) in [6.45, 7) is 0. The highest BCUT2D eigenvalue weighted by atomic mass is 19.4. The van der Waals surface area contributed by atoms with Crippen LogP contribution in [0.4, 0.5) is 13.2 Å². The Labute approximate surface area is 121 Å². The monoisotopic (exact) mass is 307 g/mol. The third-order valence-corrected chi connectivity index (χ3v) is 2.99. The first-order valence-corrected chi connectivity index (χ1v) is 6.05. The first-order valence-electron chi connectivity index (χ1n) is 6.05. The summed E-state index contributed by atoms with van der Waals surface area (Å²) in [6, 6.07) is 4.82. The number of rotatable bonds is 2. The maximum absolute atomic E-state index is 13.1. The lowest BCUT2D eigenvalue weighted by Crippen LogP contribution is -2.15. The lowest BCUT2D eigenvalue weighted by molar-refractivity contribution is -0.137. The quantitative estimate of drug-likeness (QED) is 0.758. The third-order valence-electron chi connectivity index (χ3n) is 2.99. The van der Waals surface area contributed by atoms with Gasteiger partial charge in [0, 0.05) is 5.56 Å². The molecule has 112 valence electrons. The summed E-state index contributed by atoms with van der Waals surface area (Å²) < 4.78 is 39.2. The van der Waals surface area contributed by atoms with Crippen molar-refractivity contribution >= 4 is 17.1 Å². The number of halogens is 3. The van der Waals surface area contributed by atoms with Crippen LogP contribution in [0.1, 0.15) is 16.1 Å². The Balaban J connectivity index is 2.30. The van der Waals surface area contributed by atoms with Crippen LogP contribution in [0.5, 0.6) is 0 Å². The number of primary amides is 1. The Kier molecular flexibility index (Phi) is 3.05. The Morgan fingerprint density at radius 3 is 2.59 bits per heavy atom. The molecule has 1 aromatic carbocycles. The Morgan fingerprint density at radius 2 is 1.91 bits per heavy atom. The van der Waals surface area contributed by atoms with Crippen molar-refractivity contribution in [3.63, 3.8) is 0 Å². The molecule has 9 heteroatoms. The standard InChI is InChI=1S/C13H8F3N5O/c14-13(15,16)7-4-2-1-3-6(7)11-20-8(10(17)22)9-12(21-11)19-5-18-9/h1-5H,(H2,17,22)(H,18,19,20,21). The fraction of sp³-hybridized carbons (Fsp3) is 0.0769. The summed E-state index contributed by atoms with van der Waals surface area (Å²) >= 11 is 0. The number of H-pyrrole nitrogens is 1. The summed E-state index contributed by atoms with van der Waals surface area (Å²) in [5, 5.41) is 0. The third kappa shape index (κ3) is 2.26. The van der Waals surface area contributed by atoms with Gasteiger partial charge in [0.25, 0.3) is 5.91 Å². The second kappa shape index (κ2) is 4.79. The van der Waals surface area contributed by atoms with E-state index in [1.165, 1.54) is 24.5 Å². The van der Waals surface area contributed by atoms with Gasteiger partial charge in [0.05, 0.1) is 11.9 Å². The predicted molar refractivity (Wildman–Crippen MR) is 70.6 cm³/mol. The molecule has 3 aromatic rings. The van der Waals surface area contributed by atoms with Gasteiger partial charge in [0.1, 0.15) is 5.52 Å². The number of imidazole rings is 1. The molecule has 22 heavy (non-hydrogen) atoms. The van der Waals surface area contributed by atoms with E-state index in [1.807, 2.05) is 0 Å². The van der Waals surface area contributed by atoms with Gasteiger partial charge in [0.15, 0.2) is 17.2 Å². The lowest BCUT2D eigenvalue weighted by atomic mass is 10.1. The number of amides is 1. The van der Waals surface area contributed by atoms with Crippen molar-refractivity contribution in [2.45, 2.75) is 6.18 Å². The van der Waals surface area contributed by atoms with Gasteiger partial charge in [-0.3, -0.25) is 4.79 Å². The van der Waals surface area contributed by atoms with Gasteiger partial charge >= 0.3 is 6.18 Å². The van der Waals surface area contributed by atoms with E-state index in [-0.39, 0.29) is 28.2 Å². The van der Waals surface area contributed by atoms with Gasteiger partial charge in [-0.25, -0.2) is 15.0 Å². The minimum atomic E-state index is -4.58. The van der Waals surface area contributed by atoms with E-state index in [9.17, 15) is 18.0 Å². The molecule has 0 unspecified atom stereocenters. The Hall–Kier alpha value is -2.97. The molecule has 0 saturated heterocycles. The van der Waals surface area contributed by atoms with Crippen molar-refractivity contribution in [2.75, 3.05) is 0 Å². The number of alkyl halides is 3. The topological polar surface area (TPSA) is 97.6 Å². The fourth-order valence-corrected chi connectivity index (χ4v) is 2.06. The van der Waals surface area contributed by atoms with E-state index >= 15 is 0 Å². The number of nitrogens with two attached hydrogens (primary N) is 1. The van der Waals surface area contributed by atoms with Crippen LogP contribution in [0.15, 0.2) is 30.6 Å². The van der Waals surface area contributed by atoms with Crippen LogP contribution in [0.2, 0.25) is 0 Å². The van der Waals surface area contributed by atoms with Gasteiger partial charge in [-0.1, -0.05) is 18.2 Å². The largest absolute Gasteiger partial charge is 0.417 e. The molecule has 0 radical (unpaired) electrons. The number of nitrogens with zero attached hydrogens (tertiary/aromatic N) is 3. The lowest BCUT2D eigenvalue weighted by Gasteiger charge is -2.12. The summed E-state index contributed by atoms with van der Waals surface area (Å²) in [5.41, 5.74) is 4.09. The van der Waals surface area contributed by atoms with Gasteiger partial charge in [-0.05, 0) is 6.07 Å². The van der Waals surface area contributed by atoms with Crippen molar-refractivity contribution in [2.24, 2.45) is 5.73 Å². The summed E-state index contributed by atoms with van der Waals surface area (Å²) in [6.07, 6.45) is -3.32. The summed E-state index contributed by atoms with van der Waals surface area (Å²) in [5.74, 6) is -1.15. The predicted octanol–water partition coefficient (Wildman–Crippen LogP) is 2.14. The first kappa shape index (κ1) is 14.0. The van der Waals surface area contributed by atoms with Crippen molar-refractivity contribution < 1.29 is 18.0 Å². The molecule has 0 bridgehead atoms. The van der Waals surface area contributed by atoms with Crippen LogP contribution < -0.4 is 5.73 Å². The molecular formula is C13H8F3N5O. The highest BCUT2D eigenvalue weighted by molar-refractivity contribution is 6.01. The second-order valence-corrected chi connectivity index (χ2v) is 4.40. The maximum Gasteiger partial charge on any atom is 0.417 e. The number of hydrogen-bond donors (Lipinski definition) is 2. The highest BCUT2D eigenvalue weighted by Crippen LogP contribution is 2.36. The molecule has 3 N–H and O–H groups in total. The number of aromatic amines is 1. The van der Waals surface area contributed by atoms with E-state index in [1.54, 1.807) is 0 Å². The molecular weight excluding hydrogens is 299 g/mol. The zero-order valence-electron chi connectivity index (χ0n) is 10.8. The van der Waals surface area contributed by atoms with Gasteiger partial charge in [-0.2, -0.15) is 13.2 Å². The molecule has 3 rings (SSSR count). The number of aromatic nitrogens is 4. The smallest absolute Gasteiger partial charge is 0.364 e. The first-order chi connectivity index (χ1) is 10.4. The molecule has 0 spiro atoms. The van der Waals surface area contributed by atoms with Crippen LogP contribution in [-0.2, 0) is 6.18 Å². The van der Waals surface area contributed by atoms with Crippen LogP contribution in [0.25, 0.3) is 22.6 Å². The average molecular weight is 307 g/mol. The van der Waals surface area contributed by atoms with E-state index in [2.05, 4.69) is 19.9 Å². The number of carbonyl (C=O) groups excluding carboxylic acids is 1. The van der Waals surface area contributed by atoms with Crippen LogP contribution in [-0.4, -0.2) is 25.8 Å². The number of fused-ring (bicyclic) bond motifs is 1. The minimum Gasteiger partial charge on any atom is -0.364 e. The summed E-state index contributed by atoms with van der Waals surface area (Å²) in [7, 11) is 0. The average Bonchev–Trinajstić information content (AvgIpc) is 2.93. The van der Waals surface area contributed by atoms with Crippen molar-refractivity contribution in [3.8, 4) is 11.4 Å². The molecule has 2 heterocycles. The molecule has 0 aliphatic heterocycles. The molecule has 0 aliphatic rings. The van der Waals surface area contributed by atoms with E-state index in [4.69, 9.17) is 5.73 Å². The maximum atomic E-state index is 13.1. The normalized spacial score (nSPS) is 11.8. The van der Waals surface area contributed by atoms with Crippen molar-refractivity contribution in [1.29, 1.82) is 0 Å². The van der Waals surface area contributed by atoms with Crippen LogP contribution in [0, 0.1) is 0 Å². The fourth-order valence-electron chi connectivity index (χ4n) is 2.06. The van der Waals surface area contributed by atoms with Gasteiger partial charge in [0.2, 0.25) is 0 Å². The molecule has 0 atom stereocenters. The molecule has 0 saturated carbocycles.